The summed E-state index contributed by atoms with van der Waals surface area (Å²) in [6.45, 7) is 2.04. The summed E-state index contributed by atoms with van der Waals surface area (Å²) in [6.07, 6.45) is 0.712. The second-order valence-electron chi connectivity index (χ2n) is 4.87. The molecule has 2 N–H and O–H groups in total. The number of rotatable bonds is 5. The summed E-state index contributed by atoms with van der Waals surface area (Å²) >= 11 is 0. The van der Waals surface area contributed by atoms with E-state index in [1.807, 2.05) is 43.3 Å². The third-order valence-electron chi connectivity index (χ3n) is 3.42. The topological polar surface area (TPSA) is 44.5 Å². The molecule has 0 bridgehead atoms. The van der Waals surface area contributed by atoms with E-state index in [0.717, 1.165) is 28.2 Å². The quantitative estimate of drug-likeness (QED) is 0.908. The first-order valence-corrected chi connectivity index (χ1v) is 6.67. The summed E-state index contributed by atoms with van der Waals surface area (Å²) in [5.74, 6) is 1.71. The highest BCUT2D eigenvalue weighted by Crippen LogP contribution is 2.29. The van der Waals surface area contributed by atoms with E-state index in [1.54, 1.807) is 14.2 Å². The van der Waals surface area contributed by atoms with E-state index in [9.17, 15) is 0 Å². The fourth-order valence-corrected chi connectivity index (χ4v) is 2.34. The highest BCUT2D eigenvalue weighted by Gasteiger charge is 2.14. The van der Waals surface area contributed by atoms with Crippen molar-refractivity contribution in [2.45, 2.75) is 19.4 Å². The van der Waals surface area contributed by atoms with Gasteiger partial charge in [-0.3, -0.25) is 0 Å². The molecular weight excluding hydrogens is 250 g/mol. The first-order chi connectivity index (χ1) is 9.65. The van der Waals surface area contributed by atoms with Crippen molar-refractivity contribution in [2.24, 2.45) is 5.73 Å². The van der Waals surface area contributed by atoms with Crippen molar-refractivity contribution >= 4 is 0 Å². The van der Waals surface area contributed by atoms with Crippen molar-refractivity contribution < 1.29 is 9.47 Å². The SMILES string of the molecule is COc1ccccc1CC(N)c1ccc(C)cc1OC. The van der Waals surface area contributed by atoms with Crippen LogP contribution in [-0.4, -0.2) is 14.2 Å². The van der Waals surface area contributed by atoms with Gasteiger partial charge in [-0.25, -0.2) is 0 Å². The average molecular weight is 271 g/mol. The number of benzene rings is 2. The van der Waals surface area contributed by atoms with Crippen molar-refractivity contribution in [2.75, 3.05) is 14.2 Å². The minimum absolute atomic E-state index is 0.123. The van der Waals surface area contributed by atoms with E-state index in [0.29, 0.717) is 6.42 Å². The van der Waals surface area contributed by atoms with Crippen LogP contribution in [-0.2, 0) is 6.42 Å². The van der Waals surface area contributed by atoms with Gasteiger partial charge in [-0.05, 0) is 36.6 Å². The summed E-state index contributed by atoms with van der Waals surface area (Å²) in [6, 6.07) is 13.9. The number of para-hydroxylation sites is 1. The molecule has 2 aromatic rings. The minimum Gasteiger partial charge on any atom is -0.496 e. The highest BCUT2D eigenvalue weighted by atomic mass is 16.5. The molecule has 106 valence electrons. The monoisotopic (exact) mass is 271 g/mol. The molecule has 3 nitrogen and oxygen atoms in total. The largest absolute Gasteiger partial charge is 0.496 e. The first-order valence-electron chi connectivity index (χ1n) is 6.67. The fourth-order valence-electron chi connectivity index (χ4n) is 2.34. The Morgan fingerprint density at radius 1 is 1.00 bits per heavy atom. The molecule has 2 aromatic carbocycles. The van der Waals surface area contributed by atoms with Gasteiger partial charge < -0.3 is 15.2 Å². The third-order valence-corrected chi connectivity index (χ3v) is 3.42. The number of methoxy groups -OCH3 is 2. The minimum atomic E-state index is -0.123. The van der Waals surface area contributed by atoms with Crippen LogP contribution in [0.3, 0.4) is 0 Å². The summed E-state index contributed by atoms with van der Waals surface area (Å²) in [5, 5.41) is 0. The zero-order valence-corrected chi connectivity index (χ0v) is 12.2. The lowest BCUT2D eigenvalue weighted by Gasteiger charge is -2.17. The summed E-state index contributed by atoms with van der Waals surface area (Å²) in [4.78, 5) is 0. The van der Waals surface area contributed by atoms with Crippen LogP contribution in [0, 0.1) is 6.92 Å². The first kappa shape index (κ1) is 14.4. The van der Waals surface area contributed by atoms with Crippen LogP contribution in [0.25, 0.3) is 0 Å². The van der Waals surface area contributed by atoms with Crippen molar-refractivity contribution in [1.29, 1.82) is 0 Å². The number of ether oxygens (including phenoxy) is 2. The van der Waals surface area contributed by atoms with E-state index < -0.39 is 0 Å². The van der Waals surface area contributed by atoms with Gasteiger partial charge in [-0.1, -0.05) is 30.3 Å². The molecule has 1 unspecified atom stereocenters. The Hall–Kier alpha value is -2.00. The van der Waals surface area contributed by atoms with Gasteiger partial charge in [-0.2, -0.15) is 0 Å². The van der Waals surface area contributed by atoms with E-state index in [-0.39, 0.29) is 6.04 Å². The van der Waals surface area contributed by atoms with Crippen LogP contribution in [0.15, 0.2) is 42.5 Å². The van der Waals surface area contributed by atoms with Crippen LogP contribution in [0.1, 0.15) is 22.7 Å². The van der Waals surface area contributed by atoms with Crippen LogP contribution >= 0.6 is 0 Å². The van der Waals surface area contributed by atoms with Crippen molar-refractivity contribution in [3.63, 3.8) is 0 Å². The van der Waals surface area contributed by atoms with Gasteiger partial charge in [0.25, 0.3) is 0 Å². The lowest BCUT2D eigenvalue weighted by Crippen LogP contribution is -2.15. The zero-order chi connectivity index (χ0) is 14.5. The van der Waals surface area contributed by atoms with E-state index in [4.69, 9.17) is 15.2 Å². The molecule has 20 heavy (non-hydrogen) atoms. The molecule has 0 aliphatic carbocycles. The van der Waals surface area contributed by atoms with Gasteiger partial charge in [0, 0.05) is 11.6 Å². The number of hydrogen-bond acceptors (Lipinski definition) is 3. The Morgan fingerprint density at radius 3 is 2.40 bits per heavy atom. The van der Waals surface area contributed by atoms with E-state index in [2.05, 4.69) is 6.07 Å². The molecule has 2 rings (SSSR count). The van der Waals surface area contributed by atoms with Gasteiger partial charge >= 0.3 is 0 Å². The van der Waals surface area contributed by atoms with Gasteiger partial charge in [0.1, 0.15) is 11.5 Å². The molecular formula is C17H21NO2. The second-order valence-corrected chi connectivity index (χ2v) is 4.87. The third kappa shape index (κ3) is 3.11. The van der Waals surface area contributed by atoms with Crippen molar-refractivity contribution in [3.8, 4) is 11.5 Å². The fraction of sp³-hybridized carbons (Fsp3) is 0.294. The maximum Gasteiger partial charge on any atom is 0.123 e. The Bertz CT molecular complexity index is 581. The number of hydrogen-bond donors (Lipinski definition) is 1. The van der Waals surface area contributed by atoms with Gasteiger partial charge in [0.2, 0.25) is 0 Å². The van der Waals surface area contributed by atoms with Crippen LogP contribution < -0.4 is 15.2 Å². The lowest BCUT2D eigenvalue weighted by molar-refractivity contribution is 0.400. The normalized spacial score (nSPS) is 12.0. The molecule has 0 saturated heterocycles. The van der Waals surface area contributed by atoms with Crippen molar-refractivity contribution in [1.82, 2.24) is 0 Å². The van der Waals surface area contributed by atoms with Crippen LogP contribution in [0.2, 0.25) is 0 Å². The molecule has 0 spiro atoms. The molecule has 0 heterocycles. The zero-order valence-electron chi connectivity index (χ0n) is 12.2. The molecule has 3 heteroatoms. The Morgan fingerprint density at radius 2 is 1.70 bits per heavy atom. The molecule has 0 radical (unpaired) electrons. The molecule has 0 aliphatic rings. The summed E-state index contributed by atoms with van der Waals surface area (Å²) < 4.78 is 10.8. The van der Waals surface area contributed by atoms with E-state index >= 15 is 0 Å². The molecule has 0 fully saturated rings. The molecule has 0 aliphatic heterocycles. The molecule has 0 aromatic heterocycles. The average Bonchev–Trinajstić information content (AvgIpc) is 2.47. The van der Waals surface area contributed by atoms with Gasteiger partial charge in [0.15, 0.2) is 0 Å². The van der Waals surface area contributed by atoms with Crippen LogP contribution in [0.4, 0.5) is 0 Å². The number of nitrogens with two attached hydrogens (primary N) is 1. The van der Waals surface area contributed by atoms with Crippen molar-refractivity contribution in [3.05, 3.63) is 59.2 Å². The smallest absolute Gasteiger partial charge is 0.123 e. The maximum absolute atomic E-state index is 6.34. The molecule has 0 saturated carbocycles. The maximum atomic E-state index is 6.34. The second kappa shape index (κ2) is 6.44. The lowest BCUT2D eigenvalue weighted by atomic mass is 9.97. The Balaban J connectivity index is 2.26. The highest BCUT2D eigenvalue weighted by molar-refractivity contribution is 5.41. The molecule has 0 amide bonds. The van der Waals surface area contributed by atoms with E-state index in [1.165, 1.54) is 0 Å². The standard InChI is InChI=1S/C17H21NO2/c1-12-8-9-14(17(10-12)20-3)15(18)11-13-6-4-5-7-16(13)19-2/h4-10,15H,11,18H2,1-3H3. The van der Waals surface area contributed by atoms with Crippen LogP contribution in [0.5, 0.6) is 11.5 Å². The summed E-state index contributed by atoms with van der Waals surface area (Å²) in [5.41, 5.74) is 9.62. The molecule has 1 atom stereocenters. The number of aryl methyl sites for hydroxylation is 1. The Labute approximate surface area is 120 Å². The van der Waals surface area contributed by atoms with Gasteiger partial charge in [0.05, 0.1) is 14.2 Å². The Kier molecular flexibility index (Phi) is 4.64. The predicted molar refractivity (Wildman–Crippen MR) is 81.4 cm³/mol. The summed E-state index contributed by atoms with van der Waals surface area (Å²) in [7, 11) is 3.35. The predicted octanol–water partition coefficient (Wildman–Crippen LogP) is 3.25. The van der Waals surface area contributed by atoms with Gasteiger partial charge in [-0.15, -0.1) is 0 Å².